The molecule has 100 valence electrons. The molecule has 0 heterocycles. The van der Waals surface area contributed by atoms with Gasteiger partial charge in [0.1, 0.15) is 5.82 Å². The van der Waals surface area contributed by atoms with Crippen molar-refractivity contribution in [2.75, 3.05) is 11.9 Å². The third-order valence-electron chi connectivity index (χ3n) is 2.70. The summed E-state index contributed by atoms with van der Waals surface area (Å²) in [6.07, 6.45) is 0. The number of halogens is 3. The Kier molecular flexibility index (Phi) is 4.64. The van der Waals surface area contributed by atoms with Crippen LogP contribution in [-0.4, -0.2) is 11.7 Å². The summed E-state index contributed by atoms with van der Waals surface area (Å²) >= 11 is 11.6. The van der Waals surface area contributed by atoms with E-state index < -0.39 is 11.9 Å². The molecule has 0 fully saturated rings. The summed E-state index contributed by atoms with van der Waals surface area (Å²) in [5.41, 5.74) is 1.01. The molecule has 0 radical (unpaired) electrons. The number of hydrogen-bond acceptors (Lipinski definition) is 2. The molecule has 0 amide bonds. The molecule has 0 aliphatic carbocycles. The monoisotopic (exact) mass is 299 g/mol. The van der Waals surface area contributed by atoms with Gasteiger partial charge in [0.15, 0.2) is 0 Å². The van der Waals surface area contributed by atoms with Crippen LogP contribution in [0, 0.1) is 5.82 Å². The molecule has 1 atom stereocenters. The molecule has 2 N–H and O–H groups in total. The maximum absolute atomic E-state index is 13.9. The van der Waals surface area contributed by atoms with Crippen LogP contribution >= 0.6 is 23.2 Å². The first kappa shape index (κ1) is 14.1. The Labute approximate surface area is 120 Å². The maximum Gasteiger partial charge on any atom is 0.147 e. The van der Waals surface area contributed by atoms with Gasteiger partial charge in [-0.2, -0.15) is 0 Å². The number of rotatable bonds is 4. The average Bonchev–Trinajstić information content (AvgIpc) is 2.40. The fourth-order valence-corrected chi connectivity index (χ4v) is 2.16. The van der Waals surface area contributed by atoms with Crippen LogP contribution in [0.4, 0.5) is 10.1 Å². The van der Waals surface area contributed by atoms with Crippen LogP contribution in [0.2, 0.25) is 10.0 Å². The van der Waals surface area contributed by atoms with Gasteiger partial charge >= 0.3 is 0 Å². The lowest BCUT2D eigenvalue weighted by Crippen LogP contribution is -2.16. The summed E-state index contributed by atoms with van der Waals surface area (Å²) < 4.78 is 13.9. The smallest absolute Gasteiger partial charge is 0.147 e. The van der Waals surface area contributed by atoms with Gasteiger partial charge in [0.05, 0.1) is 17.7 Å². The van der Waals surface area contributed by atoms with Crippen LogP contribution in [0.3, 0.4) is 0 Å². The van der Waals surface area contributed by atoms with Crippen molar-refractivity contribution in [2.24, 2.45) is 0 Å². The molecule has 19 heavy (non-hydrogen) atoms. The van der Waals surface area contributed by atoms with Gasteiger partial charge in [-0.25, -0.2) is 4.39 Å². The van der Waals surface area contributed by atoms with Crippen LogP contribution in [-0.2, 0) is 0 Å². The van der Waals surface area contributed by atoms with Crippen molar-refractivity contribution in [1.29, 1.82) is 0 Å². The van der Waals surface area contributed by atoms with Crippen LogP contribution < -0.4 is 5.32 Å². The minimum atomic E-state index is -0.586. The van der Waals surface area contributed by atoms with Gasteiger partial charge in [-0.1, -0.05) is 41.4 Å². The van der Waals surface area contributed by atoms with Gasteiger partial charge in [-0.05, 0) is 24.3 Å². The zero-order valence-electron chi connectivity index (χ0n) is 9.91. The fraction of sp³-hybridized carbons (Fsp3) is 0.143. The second kappa shape index (κ2) is 6.24. The predicted octanol–water partition coefficient (Wildman–Crippen LogP) is 4.28. The Bertz CT molecular complexity index is 577. The fourth-order valence-electron chi connectivity index (χ4n) is 1.79. The third kappa shape index (κ3) is 3.38. The van der Waals surface area contributed by atoms with Crippen molar-refractivity contribution >= 4 is 28.9 Å². The van der Waals surface area contributed by atoms with Crippen molar-refractivity contribution in [3.8, 4) is 0 Å². The summed E-state index contributed by atoms with van der Waals surface area (Å²) in [5.74, 6) is -0.530. The Morgan fingerprint density at radius 1 is 1.16 bits per heavy atom. The van der Waals surface area contributed by atoms with Crippen molar-refractivity contribution in [3.05, 3.63) is 63.9 Å². The number of anilines is 1. The summed E-state index contributed by atoms with van der Waals surface area (Å²) in [6, 6.07) is 11.1. The van der Waals surface area contributed by atoms with Gasteiger partial charge < -0.3 is 10.4 Å². The highest BCUT2D eigenvalue weighted by Crippen LogP contribution is 2.26. The Balaban J connectivity index is 2.28. The molecule has 0 spiro atoms. The lowest BCUT2D eigenvalue weighted by Gasteiger charge is -2.19. The molecule has 2 aromatic rings. The predicted molar refractivity (Wildman–Crippen MR) is 76.3 cm³/mol. The van der Waals surface area contributed by atoms with Crippen molar-refractivity contribution in [1.82, 2.24) is 0 Å². The molecule has 0 saturated carbocycles. The maximum atomic E-state index is 13.9. The van der Waals surface area contributed by atoms with E-state index in [1.54, 1.807) is 36.4 Å². The standard InChI is InChI=1S/C14H12Cl2FNO/c15-9-3-1-4-10(7-9)18-13(8-19)11-5-2-6-12(16)14(11)17/h1-7,13,18-19H,8H2. The first-order chi connectivity index (χ1) is 9.11. The highest BCUT2D eigenvalue weighted by molar-refractivity contribution is 6.31. The van der Waals surface area contributed by atoms with E-state index in [0.29, 0.717) is 16.3 Å². The van der Waals surface area contributed by atoms with Crippen LogP contribution in [0.1, 0.15) is 11.6 Å². The highest BCUT2D eigenvalue weighted by Gasteiger charge is 2.16. The molecule has 2 nitrogen and oxygen atoms in total. The summed E-state index contributed by atoms with van der Waals surface area (Å²) in [5, 5.41) is 13.0. The molecular weight excluding hydrogens is 288 g/mol. The number of benzene rings is 2. The topological polar surface area (TPSA) is 32.3 Å². The molecule has 2 aromatic carbocycles. The lowest BCUT2D eigenvalue weighted by molar-refractivity contribution is 0.274. The van der Waals surface area contributed by atoms with Crippen LogP contribution in [0.5, 0.6) is 0 Å². The Hall–Kier alpha value is -1.29. The highest BCUT2D eigenvalue weighted by atomic mass is 35.5. The summed E-state index contributed by atoms with van der Waals surface area (Å²) in [7, 11) is 0. The Morgan fingerprint density at radius 3 is 2.58 bits per heavy atom. The minimum Gasteiger partial charge on any atom is -0.394 e. The molecule has 0 aliphatic heterocycles. The second-order valence-electron chi connectivity index (χ2n) is 4.03. The van der Waals surface area contributed by atoms with Gasteiger partial charge in [0, 0.05) is 16.3 Å². The van der Waals surface area contributed by atoms with Gasteiger partial charge in [-0.15, -0.1) is 0 Å². The molecule has 2 rings (SSSR count). The van der Waals surface area contributed by atoms with Gasteiger partial charge in [-0.3, -0.25) is 0 Å². The zero-order chi connectivity index (χ0) is 13.8. The van der Waals surface area contributed by atoms with Gasteiger partial charge in [0.25, 0.3) is 0 Å². The van der Waals surface area contributed by atoms with Gasteiger partial charge in [0.2, 0.25) is 0 Å². The molecular formula is C14H12Cl2FNO. The molecule has 0 saturated heterocycles. The minimum absolute atomic E-state index is 0.0313. The van der Waals surface area contributed by atoms with E-state index in [1.165, 1.54) is 6.07 Å². The van der Waals surface area contributed by atoms with E-state index in [-0.39, 0.29) is 11.6 Å². The largest absolute Gasteiger partial charge is 0.394 e. The average molecular weight is 300 g/mol. The SMILES string of the molecule is OCC(Nc1cccc(Cl)c1)c1cccc(Cl)c1F. The zero-order valence-corrected chi connectivity index (χ0v) is 11.4. The first-order valence-corrected chi connectivity index (χ1v) is 6.44. The normalized spacial score (nSPS) is 12.2. The number of aliphatic hydroxyl groups is 1. The quantitative estimate of drug-likeness (QED) is 0.883. The lowest BCUT2D eigenvalue weighted by atomic mass is 10.1. The molecule has 0 bridgehead atoms. The number of nitrogens with one attached hydrogen (secondary N) is 1. The second-order valence-corrected chi connectivity index (χ2v) is 4.88. The Morgan fingerprint density at radius 2 is 1.89 bits per heavy atom. The van der Waals surface area contributed by atoms with E-state index in [9.17, 15) is 9.50 Å². The number of hydrogen-bond donors (Lipinski definition) is 2. The third-order valence-corrected chi connectivity index (χ3v) is 3.23. The van der Waals surface area contributed by atoms with E-state index >= 15 is 0 Å². The van der Waals surface area contributed by atoms with E-state index in [0.717, 1.165) is 0 Å². The van der Waals surface area contributed by atoms with Crippen molar-refractivity contribution in [2.45, 2.75) is 6.04 Å². The molecule has 0 aromatic heterocycles. The summed E-state index contributed by atoms with van der Waals surface area (Å²) in [4.78, 5) is 0. The first-order valence-electron chi connectivity index (χ1n) is 5.68. The van der Waals surface area contributed by atoms with E-state index in [2.05, 4.69) is 5.32 Å². The van der Waals surface area contributed by atoms with Crippen molar-refractivity contribution in [3.63, 3.8) is 0 Å². The summed E-state index contributed by atoms with van der Waals surface area (Å²) in [6.45, 7) is -0.260. The van der Waals surface area contributed by atoms with Crippen LogP contribution in [0.25, 0.3) is 0 Å². The molecule has 1 unspecified atom stereocenters. The van der Waals surface area contributed by atoms with E-state index in [1.807, 2.05) is 0 Å². The van der Waals surface area contributed by atoms with Crippen molar-refractivity contribution < 1.29 is 9.50 Å². The number of aliphatic hydroxyl groups excluding tert-OH is 1. The molecule has 5 heteroatoms. The molecule has 0 aliphatic rings. The van der Waals surface area contributed by atoms with E-state index in [4.69, 9.17) is 23.2 Å². The van der Waals surface area contributed by atoms with Crippen LogP contribution in [0.15, 0.2) is 42.5 Å².